The molecule has 0 spiro atoms. The molecule has 0 amide bonds. The maximum atomic E-state index is 9.43. The lowest BCUT2D eigenvalue weighted by atomic mass is 9.71. The highest BCUT2D eigenvalue weighted by atomic mass is 16.3. The maximum absolute atomic E-state index is 9.43. The third kappa shape index (κ3) is 1.21. The van der Waals surface area contributed by atoms with E-state index in [2.05, 4.69) is 11.5 Å². The topological polar surface area (TPSA) is 23.5 Å². The van der Waals surface area contributed by atoms with Crippen LogP contribution in [0.5, 0.6) is 0 Å². The molecule has 1 saturated carbocycles. The van der Waals surface area contributed by atoms with E-state index in [0.29, 0.717) is 0 Å². The molecule has 2 nitrogen and oxygen atoms in total. The number of nitrogens with zero attached hydrogens (tertiary/aromatic N) is 1. The molecule has 2 bridgehead atoms. The smallest absolute Gasteiger partial charge is 0.126 e. The number of rotatable bonds is 2. The lowest BCUT2D eigenvalue weighted by molar-refractivity contribution is -0.0542. The minimum atomic E-state index is -0.402. The molecule has 3 fully saturated rings. The molecule has 3 rings (SSSR count). The van der Waals surface area contributed by atoms with Gasteiger partial charge in [0.15, 0.2) is 0 Å². The molecule has 2 heterocycles. The van der Waals surface area contributed by atoms with Crippen molar-refractivity contribution in [3.63, 3.8) is 0 Å². The summed E-state index contributed by atoms with van der Waals surface area (Å²) < 4.78 is 0. The number of aliphatic hydroxyl groups is 1. The molecule has 0 aromatic heterocycles. The highest BCUT2D eigenvalue weighted by Gasteiger charge is 2.38. The fourth-order valence-electron chi connectivity index (χ4n) is 2.27. The van der Waals surface area contributed by atoms with Gasteiger partial charge in [0.1, 0.15) is 6.23 Å². The van der Waals surface area contributed by atoms with E-state index < -0.39 is 6.23 Å². The molecule has 62 valence electrons. The minimum Gasteiger partial charge on any atom is -0.375 e. The summed E-state index contributed by atoms with van der Waals surface area (Å²) in [5.74, 6) is 1.73. The number of aliphatic hydroxyl groups excluding tert-OH is 1. The van der Waals surface area contributed by atoms with Crippen LogP contribution in [0.3, 0.4) is 0 Å². The Bertz CT molecular complexity index is 153. The van der Waals surface area contributed by atoms with Crippen molar-refractivity contribution in [3.8, 4) is 0 Å². The Morgan fingerprint density at radius 1 is 1.36 bits per heavy atom. The summed E-state index contributed by atoms with van der Waals surface area (Å²) in [6.45, 7) is 5.73. The van der Waals surface area contributed by atoms with Crippen molar-refractivity contribution in [2.45, 2.75) is 19.1 Å². The molecule has 1 N–H and O–H groups in total. The largest absolute Gasteiger partial charge is 0.375 e. The van der Waals surface area contributed by atoms with Crippen molar-refractivity contribution < 1.29 is 5.11 Å². The molecule has 0 aromatic rings. The van der Waals surface area contributed by atoms with Gasteiger partial charge in [-0.25, -0.2) is 0 Å². The Balaban J connectivity index is 1.91. The first-order valence-electron chi connectivity index (χ1n) is 4.34. The van der Waals surface area contributed by atoms with Crippen LogP contribution in [-0.2, 0) is 0 Å². The Kier molecular flexibility index (Phi) is 1.74. The summed E-state index contributed by atoms with van der Waals surface area (Å²) >= 11 is 0. The second-order valence-corrected chi connectivity index (χ2v) is 3.81. The fraction of sp³-hybridized carbons (Fsp3) is 0.778. The summed E-state index contributed by atoms with van der Waals surface area (Å²) in [5.41, 5.74) is 0. The standard InChI is InChI=1S/C9H15NO/c1-2-9(11)10-5-7-3-8(4-7)6-10/h2,7-9,11H,1,3-6H2. The van der Waals surface area contributed by atoms with Crippen molar-refractivity contribution >= 4 is 0 Å². The highest BCUT2D eigenvalue weighted by molar-refractivity contribution is 4.93. The minimum absolute atomic E-state index is 0.402. The molecule has 1 atom stereocenters. The molecule has 3 aliphatic rings. The number of hydrogen-bond acceptors (Lipinski definition) is 2. The highest BCUT2D eigenvalue weighted by Crippen LogP contribution is 2.39. The van der Waals surface area contributed by atoms with E-state index in [9.17, 15) is 5.11 Å². The van der Waals surface area contributed by atoms with Crippen molar-refractivity contribution in [3.05, 3.63) is 12.7 Å². The Hall–Kier alpha value is -0.340. The van der Waals surface area contributed by atoms with Gasteiger partial charge in [-0.2, -0.15) is 0 Å². The van der Waals surface area contributed by atoms with Crippen LogP contribution in [0, 0.1) is 11.8 Å². The number of fused-ring (bicyclic) bond motifs is 2. The van der Waals surface area contributed by atoms with Crippen LogP contribution in [0.15, 0.2) is 12.7 Å². The third-order valence-corrected chi connectivity index (χ3v) is 2.90. The van der Waals surface area contributed by atoms with Gasteiger partial charge in [0.2, 0.25) is 0 Å². The van der Waals surface area contributed by atoms with E-state index in [0.717, 1.165) is 24.9 Å². The van der Waals surface area contributed by atoms with Gasteiger partial charge in [0.25, 0.3) is 0 Å². The molecule has 1 unspecified atom stereocenters. The molecule has 2 saturated heterocycles. The Morgan fingerprint density at radius 3 is 2.36 bits per heavy atom. The summed E-state index contributed by atoms with van der Waals surface area (Å²) in [4.78, 5) is 2.12. The number of hydrogen-bond donors (Lipinski definition) is 1. The molecule has 0 radical (unpaired) electrons. The van der Waals surface area contributed by atoms with Gasteiger partial charge in [-0.3, -0.25) is 4.90 Å². The van der Waals surface area contributed by atoms with Crippen LogP contribution in [0.4, 0.5) is 0 Å². The maximum Gasteiger partial charge on any atom is 0.126 e. The molecule has 0 aromatic carbocycles. The average Bonchev–Trinajstić information content (AvgIpc) is 2.02. The molecule has 11 heavy (non-hydrogen) atoms. The van der Waals surface area contributed by atoms with Gasteiger partial charge in [-0.1, -0.05) is 6.58 Å². The first kappa shape index (κ1) is 7.32. The summed E-state index contributed by atoms with van der Waals surface area (Å²) in [6.07, 6.45) is 3.99. The predicted octanol–water partition coefficient (Wildman–Crippen LogP) is 0.833. The van der Waals surface area contributed by atoms with Crippen LogP contribution in [-0.4, -0.2) is 29.3 Å². The zero-order valence-electron chi connectivity index (χ0n) is 6.74. The summed E-state index contributed by atoms with van der Waals surface area (Å²) in [6, 6.07) is 0. The van der Waals surface area contributed by atoms with Crippen molar-refractivity contribution in [1.29, 1.82) is 0 Å². The quantitative estimate of drug-likeness (QED) is 0.594. The second-order valence-electron chi connectivity index (χ2n) is 3.81. The lowest BCUT2D eigenvalue weighted by Gasteiger charge is -2.48. The Labute approximate surface area is 67.5 Å². The van der Waals surface area contributed by atoms with Crippen molar-refractivity contribution in [2.75, 3.05) is 13.1 Å². The van der Waals surface area contributed by atoms with Crippen LogP contribution in [0.2, 0.25) is 0 Å². The van der Waals surface area contributed by atoms with Gasteiger partial charge in [0.05, 0.1) is 0 Å². The first-order valence-corrected chi connectivity index (χ1v) is 4.34. The molecule has 1 aliphatic carbocycles. The van der Waals surface area contributed by atoms with E-state index in [1.165, 1.54) is 12.8 Å². The van der Waals surface area contributed by atoms with Crippen LogP contribution in [0.25, 0.3) is 0 Å². The predicted molar refractivity (Wildman–Crippen MR) is 44.0 cm³/mol. The van der Waals surface area contributed by atoms with Crippen molar-refractivity contribution in [1.82, 2.24) is 4.90 Å². The van der Waals surface area contributed by atoms with E-state index in [4.69, 9.17) is 0 Å². The van der Waals surface area contributed by atoms with Crippen LogP contribution in [0.1, 0.15) is 12.8 Å². The van der Waals surface area contributed by atoms with Gasteiger partial charge >= 0.3 is 0 Å². The van der Waals surface area contributed by atoms with E-state index in [1.54, 1.807) is 6.08 Å². The lowest BCUT2D eigenvalue weighted by Crippen LogP contribution is -2.51. The first-order chi connectivity index (χ1) is 5.29. The summed E-state index contributed by atoms with van der Waals surface area (Å²) in [5, 5.41) is 9.43. The third-order valence-electron chi connectivity index (χ3n) is 2.90. The van der Waals surface area contributed by atoms with Gasteiger partial charge in [0, 0.05) is 13.1 Å². The fourth-order valence-corrected chi connectivity index (χ4v) is 2.27. The van der Waals surface area contributed by atoms with Crippen molar-refractivity contribution in [2.24, 2.45) is 11.8 Å². The van der Waals surface area contributed by atoms with Gasteiger partial charge in [-0.15, -0.1) is 0 Å². The molecular formula is C9H15NO. The van der Waals surface area contributed by atoms with Gasteiger partial charge in [-0.05, 0) is 30.8 Å². The summed E-state index contributed by atoms with van der Waals surface area (Å²) in [7, 11) is 0. The molecule has 2 heteroatoms. The van der Waals surface area contributed by atoms with Crippen LogP contribution >= 0.6 is 0 Å². The average molecular weight is 153 g/mol. The van der Waals surface area contributed by atoms with Gasteiger partial charge < -0.3 is 5.11 Å². The zero-order chi connectivity index (χ0) is 7.84. The number of piperidine rings is 2. The monoisotopic (exact) mass is 153 g/mol. The second kappa shape index (κ2) is 2.61. The van der Waals surface area contributed by atoms with Crippen LogP contribution < -0.4 is 0 Å². The van der Waals surface area contributed by atoms with E-state index in [-0.39, 0.29) is 0 Å². The molecular weight excluding hydrogens is 138 g/mol. The van der Waals surface area contributed by atoms with E-state index >= 15 is 0 Å². The van der Waals surface area contributed by atoms with E-state index in [1.807, 2.05) is 0 Å². The normalized spacial score (nSPS) is 39.4. The Morgan fingerprint density at radius 2 is 1.91 bits per heavy atom. The zero-order valence-corrected chi connectivity index (χ0v) is 6.74. The SMILES string of the molecule is C=CC(O)N1CC2CC(C2)C1. The molecule has 2 aliphatic heterocycles.